The van der Waals surface area contributed by atoms with Gasteiger partial charge in [0.1, 0.15) is 6.61 Å². The van der Waals surface area contributed by atoms with Gasteiger partial charge < -0.3 is 4.74 Å². The van der Waals surface area contributed by atoms with Gasteiger partial charge in [-0.05, 0) is 37.3 Å². The molecule has 0 fully saturated rings. The first-order chi connectivity index (χ1) is 7.81. The van der Waals surface area contributed by atoms with Gasteiger partial charge in [-0.25, -0.2) is 0 Å². The zero-order chi connectivity index (χ0) is 11.4. The van der Waals surface area contributed by atoms with Crippen LogP contribution < -0.4 is 0 Å². The minimum absolute atomic E-state index is 0.168. The quantitative estimate of drug-likeness (QED) is 0.775. The Kier molecular flexibility index (Phi) is 3.73. The van der Waals surface area contributed by atoms with E-state index in [4.69, 9.17) is 4.74 Å². The summed E-state index contributed by atoms with van der Waals surface area (Å²) in [6.45, 7) is 2.82. The Morgan fingerprint density at radius 2 is 2.12 bits per heavy atom. The molecular weight excluding hydrogens is 200 g/mol. The number of carbonyl (C=O) groups is 1. The van der Waals surface area contributed by atoms with Crippen molar-refractivity contribution in [2.45, 2.75) is 26.2 Å². The van der Waals surface area contributed by atoms with E-state index in [2.05, 4.69) is 18.2 Å². The van der Waals surface area contributed by atoms with E-state index in [1.807, 2.05) is 13.0 Å². The van der Waals surface area contributed by atoms with E-state index in [1.54, 1.807) is 0 Å². The number of Topliss-reactive ketones (excluding diaryl/α,β-unsaturated/α-hetero) is 1. The average molecular weight is 218 g/mol. The van der Waals surface area contributed by atoms with E-state index < -0.39 is 0 Å². The number of ketones is 1. The Hall–Kier alpha value is -1.15. The number of aryl methyl sites for hydroxylation is 1. The molecule has 0 N–H and O–H groups in total. The molecular formula is C14H18O2. The number of carbonyl (C=O) groups excluding carboxylic acids is 1. The second kappa shape index (κ2) is 5.26. The number of fused-ring (bicyclic) bond motifs is 1. The van der Waals surface area contributed by atoms with Crippen molar-refractivity contribution in [3.8, 4) is 0 Å². The number of benzene rings is 1. The van der Waals surface area contributed by atoms with Crippen LogP contribution >= 0.6 is 0 Å². The lowest BCUT2D eigenvalue weighted by Crippen LogP contribution is -2.26. The van der Waals surface area contributed by atoms with Gasteiger partial charge in [-0.2, -0.15) is 0 Å². The smallest absolute Gasteiger partial charge is 0.161 e. The largest absolute Gasteiger partial charge is 0.374 e. The summed E-state index contributed by atoms with van der Waals surface area (Å²) in [5, 5.41) is 0. The van der Waals surface area contributed by atoms with Gasteiger partial charge >= 0.3 is 0 Å². The molecule has 0 amide bonds. The van der Waals surface area contributed by atoms with E-state index in [-0.39, 0.29) is 18.3 Å². The maximum absolute atomic E-state index is 11.8. The van der Waals surface area contributed by atoms with Gasteiger partial charge in [0.2, 0.25) is 0 Å². The first kappa shape index (κ1) is 11.3. The van der Waals surface area contributed by atoms with Crippen LogP contribution in [-0.4, -0.2) is 19.0 Å². The standard InChI is InChI=1S/C14H18O2/c1-2-16-10-14(15)13-8-7-11-5-3-4-6-12(11)9-13/h3-6,13H,2,7-10H2,1H3. The van der Waals surface area contributed by atoms with Gasteiger partial charge in [0, 0.05) is 12.5 Å². The molecule has 2 heteroatoms. The molecule has 1 atom stereocenters. The molecule has 0 saturated heterocycles. The number of rotatable bonds is 4. The molecule has 0 spiro atoms. The molecule has 2 nitrogen and oxygen atoms in total. The number of ether oxygens (including phenoxy) is 1. The molecule has 1 aromatic rings. The van der Waals surface area contributed by atoms with Crippen LogP contribution in [0.3, 0.4) is 0 Å². The van der Waals surface area contributed by atoms with Gasteiger partial charge in [0.05, 0.1) is 0 Å². The van der Waals surface area contributed by atoms with Crippen LogP contribution in [0, 0.1) is 5.92 Å². The van der Waals surface area contributed by atoms with Crippen LogP contribution in [0.1, 0.15) is 24.5 Å². The van der Waals surface area contributed by atoms with Gasteiger partial charge in [-0.3, -0.25) is 4.79 Å². The van der Waals surface area contributed by atoms with Crippen LogP contribution in [0.15, 0.2) is 24.3 Å². The molecule has 0 radical (unpaired) electrons. The molecule has 1 aliphatic carbocycles. The van der Waals surface area contributed by atoms with Crippen LogP contribution in [0.2, 0.25) is 0 Å². The van der Waals surface area contributed by atoms with Crippen molar-refractivity contribution < 1.29 is 9.53 Å². The van der Waals surface area contributed by atoms with E-state index >= 15 is 0 Å². The van der Waals surface area contributed by atoms with Crippen molar-refractivity contribution in [2.75, 3.05) is 13.2 Å². The van der Waals surface area contributed by atoms with Crippen LogP contribution in [0.4, 0.5) is 0 Å². The number of hydrogen-bond donors (Lipinski definition) is 0. The maximum Gasteiger partial charge on any atom is 0.161 e. The first-order valence-electron chi connectivity index (χ1n) is 5.98. The zero-order valence-electron chi connectivity index (χ0n) is 9.74. The monoisotopic (exact) mass is 218 g/mol. The van der Waals surface area contributed by atoms with E-state index in [1.165, 1.54) is 11.1 Å². The maximum atomic E-state index is 11.8. The highest BCUT2D eigenvalue weighted by molar-refractivity contribution is 5.82. The summed E-state index contributed by atoms with van der Waals surface area (Å²) in [7, 11) is 0. The third kappa shape index (κ3) is 2.50. The molecule has 2 rings (SSSR count). The molecule has 1 aliphatic rings. The van der Waals surface area contributed by atoms with Gasteiger partial charge in [-0.1, -0.05) is 24.3 Å². The summed E-state index contributed by atoms with van der Waals surface area (Å²) in [5.41, 5.74) is 2.74. The Labute approximate surface area is 96.6 Å². The van der Waals surface area contributed by atoms with Crippen LogP contribution in [-0.2, 0) is 22.4 Å². The molecule has 0 bridgehead atoms. The Morgan fingerprint density at radius 1 is 1.38 bits per heavy atom. The molecule has 0 heterocycles. The second-order valence-corrected chi connectivity index (χ2v) is 4.31. The summed E-state index contributed by atoms with van der Waals surface area (Å²) in [6.07, 6.45) is 2.89. The topological polar surface area (TPSA) is 26.3 Å². The Morgan fingerprint density at radius 3 is 2.88 bits per heavy atom. The summed E-state index contributed by atoms with van der Waals surface area (Å²) < 4.78 is 5.19. The van der Waals surface area contributed by atoms with Crippen LogP contribution in [0.25, 0.3) is 0 Å². The molecule has 1 aromatic carbocycles. The fourth-order valence-electron chi connectivity index (χ4n) is 2.29. The van der Waals surface area contributed by atoms with E-state index in [9.17, 15) is 4.79 Å². The molecule has 0 saturated carbocycles. The van der Waals surface area contributed by atoms with Crippen molar-refractivity contribution in [3.05, 3.63) is 35.4 Å². The van der Waals surface area contributed by atoms with Crippen molar-refractivity contribution in [1.29, 1.82) is 0 Å². The predicted molar refractivity (Wildman–Crippen MR) is 63.5 cm³/mol. The lowest BCUT2D eigenvalue weighted by molar-refractivity contribution is -0.127. The highest BCUT2D eigenvalue weighted by atomic mass is 16.5. The van der Waals surface area contributed by atoms with Gasteiger partial charge in [-0.15, -0.1) is 0 Å². The van der Waals surface area contributed by atoms with E-state index in [0.29, 0.717) is 6.61 Å². The summed E-state index contributed by atoms with van der Waals surface area (Å²) in [4.78, 5) is 11.8. The minimum Gasteiger partial charge on any atom is -0.374 e. The SMILES string of the molecule is CCOCC(=O)C1CCc2ccccc2C1. The van der Waals surface area contributed by atoms with Gasteiger partial charge in [0.25, 0.3) is 0 Å². The molecule has 1 unspecified atom stereocenters. The predicted octanol–water partition coefficient (Wildman–Crippen LogP) is 2.40. The van der Waals surface area contributed by atoms with Crippen molar-refractivity contribution in [1.82, 2.24) is 0 Å². The molecule has 86 valence electrons. The van der Waals surface area contributed by atoms with Crippen molar-refractivity contribution in [2.24, 2.45) is 5.92 Å². The second-order valence-electron chi connectivity index (χ2n) is 4.31. The minimum atomic E-state index is 0.168. The number of hydrogen-bond acceptors (Lipinski definition) is 2. The highest BCUT2D eigenvalue weighted by Crippen LogP contribution is 2.25. The zero-order valence-corrected chi connectivity index (χ0v) is 9.74. The van der Waals surface area contributed by atoms with E-state index in [0.717, 1.165) is 19.3 Å². The van der Waals surface area contributed by atoms with Crippen molar-refractivity contribution in [3.63, 3.8) is 0 Å². The normalized spacial score (nSPS) is 19.2. The molecule has 16 heavy (non-hydrogen) atoms. The first-order valence-corrected chi connectivity index (χ1v) is 5.98. The van der Waals surface area contributed by atoms with Crippen LogP contribution in [0.5, 0.6) is 0 Å². The highest BCUT2D eigenvalue weighted by Gasteiger charge is 2.23. The third-order valence-electron chi connectivity index (χ3n) is 3.25. The van der Waals surface area contributed by atoms with Crippen molar-refractivity contribution >= 4 is 5.78 Å². The Bertz CT molecular complexity index is 371. The fourth-order valence-corrected chi connectivity index (χ4v) is 2.29. The molecule has 0 aliphatic heterocycles. The summed E-state index contributed by atoms with van der Waals surface area (Å²) in [6, 6.07) is 8.42. The molecule has 0 aromatic heterocycles. The lowest BCUT2D eigenvalue weighted by Gasteiger charge is -2.23. The fraction of sp³-hybridized carbons (Fsp3) is 0.500. The van der Waals surface area contributed by atoms with Gasteiger partial charge in [0.15, 0.2) is 5.78 Å². The summed E-state index contributed by atoms with van der Waals surface area (Å²) in [5.74, 6) is 0.429. The third-order valence-corrected chi connectivity index (χ3v) is 3.25. The summed E-state index contributed by atoms with van der Waals surface area (Å²) >= 11 is 0. The average Bonchev–Trinajstić information content (AvgIpc) is 2.35. The Balaban J connectivity index is 1.99. The lowest BCUT2D eigenvalue weighted by atomic mass is 9.82.